The Morgan fingerprint density at radius 2 is 2.24 bits per heavy atom. The summed E-state index contributed by atoms with van der Waals surface area (Å²) < 4.78 is 3.32. The largest absolute Gasteiger partial charge is 0.314 e. The van der Waals surface area contributed by atoms with E-state index in [1.54, 1.807) is 0 Å². The standard InChI is InChI=1S/C16H29BrN4/c1-4-9-18-15(13-5-6-13)7-8-16-14(17)12-19-21(16)11-10-20(2)3/h12-13,15,18H,4-11H2,1-3H3. The fourth-order valence-electron chi connectivity index (χ4n) is 2.75. The quantitative estimate of drug-likeness (QED) is 0.699. The molecule has 0 radical (unpaired) electrons. The van der Waals surface area contributed by atoms with Gasteiger partial charge in [0.1, 0.15) is 0 Å². The van der Waals surface area contributed by atoms with Crippen LogP contribution in [0.25, 0.3) is 0 Å². The first-order valence-corrected chi connectivity index (χ1v) is 8.99. The third kappa shape index (κ3) is 5.38. The molecule has 1 saturated carbocycles. The number of rotatable bonds is 10. The summed E-state index contributed by atoms with van der Waals surface area (Å²) in [7, 11) is 4.21. The molecule has 4 nitrogen and oxygen atoms in total. The predicted molar refractivity (Wildman–Crippen MR) is 91.6 cm³/mol. The maximum Gasteiger partial charge on any atom is 0.0635 e. The number of hydrogen-bond donors (Lipinski definition) is 1. The number of hydrogen-bond acceptors (Lipinski definition) is 3. The summed E-state index contributed by atoms with van der Waals surface area (Å²) in [6, 6.07) is 0.689. The molecule has 1 aromatic rings. The maximum absolute atomic E-state index is 4.51. The highest BCUT2D eigenvalue weighted by atomic mass is 79.9. The van der Waals surface area contributed by atoms with Crippen LogP contribution in [0.15, 0.2) is 10.7 Å². The van der Waals surface area contributed by atoms with Crippen LogP contribution in [0, 0.1) is 5.92 Å². The highest BCUT2D eigenvalue weighted by Crippen LogP contribution is 2.34. The van der Waals surface area contributed by atoms with Crippen LogP contribution in [-0.4, -0.2) is 47.9 Å². The molecule has 2 rings (SSSR count). The van der Waals surface area contributed by atoms with Crippen molar-refractivity contribution in [1.82, 2.24) is 20.0 Å². The zero-order chi connectivity index (χ0) is 15.2. The summed E-state index contributed by atoms with van der Waals surface area (Å²) in [5, 5.41) is 8.24. The van der Waals surface area contributed by atoms with Crippen molar-refractivity contribution in [2.75, 3.05) is 27.2 Å². The molecule has 1 fully saturated rings. The van der Waals surface area contributed by atoms with Crippen LogP contribution in [0.2, 0.25) is 0 Å². The summed E-state index contributed by atoms with van der Waals surface area (Å²) in [4.78, 5) is 2.20. The maximum atomic E-state index is 4.51. The minimum Gasteiger partial charge on any atom is -0.314 e. The van der Waals surface area contributed by atoms with Gasteiger partial charge in [-0.05, 0) is 74.6 Å². The van der Waals surface area contributed by atoms with Gasteiger partial charge in [-0.15, -0.1) is 0 Å². The van der Waals surface area contributed by atoms with Crippen LogP contribution in [-0.2, 0) is 13.0 Å². The summed E-state index contributed by atoms with van der Waals surface area (Å²) in [6.07, 6.45) is 8.29. The smallest absolute Gasteiger partial charge is 0.0635 e. The SMILES string of the molecule is CCCNC(CCc1c(Br)cnn1CCN(C)C)C1CC1. The highest BCUT2D eigenvalue weighted by Gasteiger charge is 2.30. The normalized spacial score (nSPS) is 16.6. The van der Waals surface area contributed by atoms with Crippen LogP contribution in [0.3, 0.4) is 0 Å². The van der Waals surface area contributed by atoms with E-state index in [0.717, 1.165) is 36.4 Å². The Hall–Kier alpha value is -0.390. The average molecular weight is 357 g/mol. The summed E-state index contributed by atoms with van der Waals surface area (Å²) in [5.74, 6) is 0.911. The molecule has 120 valence electrons. The molecule has 1 aliphatic carbocycles. The molecule has 0 aromatic carbocycles. The van der Waals surface area contributed by atoms with Crippen molar-refractivity contribution in [3.05, 3.63) is 16.4 Å². The predicted octanol–water partition coefficient (Wildman–Crippen LogP) is 2.92. The molecule has 1 heterocycles. The monoisotopic (exact) mass is 356 g/mol. The van der Waals surface area contributed by atoms with Gasteiger partial charge < -0.3 is 10.2 Å². The van der Waals surface area contributed by atoms with E-state index in [1.165, 1.54) is 31.4 Å². The van der Waals surface area contributed by atoms with Crippen molar-refractivity contribution in [1.29, 1.82) is 0 Å². The minimum absolute atomic E-state index is 0.689. The van der Waals surface area contributed by atoms with Crippen LogP contribution in [0.4, 0.5) is 0 Å². The number of aromatic nitrogens is 2. The number of nitrogens with one attached hydrogen (secondary N) is 1. The van der Waals surface area contributed by atoms with Gasteiger partial charge in [-0.3, -0.25) is 4.68 Å². The molecule has 1 aliphatic rings. The lowest BCUT2D eigenvalue weighted by Gasteiger charge is -2.19. The van der Waals surface area contributed by atoms with Crippen molar-refractivity contribution in [2.45, 2.75) is 51.6 Å². The van der Waals surface area contributed by atoms with Crippen LogP contribution >= 0.6 is 15.9 Å². The minimum atomic E-state index is 0.689. The van der Waals surface area contributed by atoms with Crippen LogP contribution < -0.4 is 5.32 Å². The van der Waals surface area contributed by atoms with Crippen LogP contribution in [0.1, 0.15) is 38.3 Å². The Bertz CT molecular complexity index is 426. The van der Waals surface area contributed by atoms with Gasteiger partial charge in [-0.2, -0.15) is 5.10 Å². The van der Waals surface area contributed by atoms with Gasteiger partial charge in [0, 0.05) is 12.6 Å². The van der Waals surface area contributed by atoms with E-state index in [1.807, 2.05) is 6.20 Å². The number of halogens is 1. The lowest BCUT2D eigenvalue weighted by atomic mass is 10.0. The number of nitrogens with zero attached hydrogens (tertiary/aromatic N) is 3. The van der Waals surface area contributed by atoms with Gasteiger partial charge in [0.25, 0.3) is 0 Å². The lowest BCUT2D eigenvalue weighted by molar-refractivity contribution is 0.366. The first kappa shape index (κ1) is 17.0. The third-order valence-electron chi connectivity index (χ3n) is 4.20. The molecule has 0 aliphatic heterocycles. The second-order valence-electron chi connectivity index (χ2n) is 6.40. The van der Waals surface area contributed by atoms with E-state index in [4.69, 9.17) is 0 Å². The van der Waals surface area contributed by atoms with E-state index < -0.39 is 0 Å². The second-order valence-corrected chi connectivity index (χ2v) is 7.26. The molecule has 1 atom stereocenters. The van der Waals surface area contributed by atoms with Crippen molar-refractivity contribution in [3.8, 4) is 0 Å². The molecular weight excluding hydrogens is 328 g/mol. The summed E-state index contributed by atoms with van der Waals surface area (Å²) >= 11 is 3.66. The molecule has 0 saturated heterocycles. The second kappa shape index (κ2) is 8.30. The Labute approximate surface area is 137 Å². The third-order valence-corrected chi connectivity index (χ3v) is 4.86. The molecule has 1 aromatic heterocycles. The van der Waals surface area contributed by atoms with Crippen LogP contribution in [0.5, 0.6) is 0 Å². The number of likely N-dealkylation sites (N-methyl/N-ethyl adjacent to an activating group) is 1. The fourth-order valence-corrected chi connectivity index (χ4v) is 3.24. The van der Waals surface area contributed by atoms with E-state index in [-0.39, 0.29) is 0 Å². The van der Waals surface area contributed by atoms with E-state index in [2.05, 4.69) is 56.9 Å². The Morgan fingerprint density at radius 1 is 1.48 bits per heavy atom. The van der Waals surface area contributed by atoms with Crippen molar-refractivity contribution in [3.63, 3.8) is 0 Å². The van der Waals surface area contributed by atoms with Gasteiger partial charge in [-0.25, -0.2) is 0 Å². The molecule has 0 bridgehead atoms. The first-order valence-electron chi connectivity index (χ1n) is 8.20. The fraction of sp³-hybridized carbons (Fsp3) is 0.812. The van der Waals surface area contributed by atoms with Gasteiger partial charge in [0.05, 0.1) is 22.9 Å². The van der Waals surface area contributed by atoms with Gasteiger partial charge >= 0.3 is 0 Å². The topological polar surface area (TPSA) is 33.1 Å². The summed E-state index contributed by atoms with van der Waals surface area (Å²) in [5.41, 5.74) is 1.35. The molecule has 21 heavy (non-hydrogen) atoms. The highest BCUT2D eigenvalue weighted by molar-refractivity contribution is 9.10. The van der Waals surface area contributed by atoms with E-state index >= 15 is 0 Å². The van der Waals surface area contributed by atoms with Crippen molar-refractivity contribution in [2.24, 2.45) is 5.92 Å². The first-order chi connectivity index (χ1) is 10.1. The molecule has 5 heteroatoms. The van der Waals surface area contributed by atoms with Crippen molar-refractivity contribution >= 4 is 15.9 Å². The van der Waals surface area contributed by atoms with E-state index in [0.29, 0.717) is 6.04 Å². The Morgan fingerprint density at radius 3 is 2.86 bits per heavy atom. The zero-order valence-electron chi connectivity index (χ0n) is 13.6. The van der Waals surface area contributed by atoms with Crippen molar-refractivity contribution < 1.29 is 0 Å². The molecule has 1 unspecified atom stereocenters. The van der Waals surface area contributed by atoms with Gasteiger partial charge in [0.2, 0.25) is 0 Å². The molecule has 1 N–H and O–H groups in total. The van der Waals surface area contributed by atoms with Gasteiger partial charge in [-0.1, -0.05) is 6.92 Å². The zero-order valence-corrected chi connectivity index (χ0v) is 15.2. The van der Waals surface area contributed by atoms with Gasteiger partial charge in [0.15, 0.2) is 0 Å². The lowest BCUT2D eigenvalue weighted by Crippen LogP contribution is -2.32. The molecule has 0 amide bonds. The summed E-state index contributed by atoms with van der Waals surface area (Å²) in [6.45, 7) is 5.37. The Balaban J connectivity index is 1.90. The molecule has 0 spiro atoms. The average Bonchev–Trinajstić information content (AvgIpc) is 3.22. The molecular formula is C16H29BrN4. The van der Waals surface area contributed by atoms with E-state index in [9.17, 15) is 0 Å². The Kier molecular flexibility index (Phi) is 6.71.